The van der Waals surface area contributed by atoms with Crippen molar-refractivity contribution in [1.29, 1.82) is 0 Å². The van der Waals surface area contributed by atoms with Gasteiger partial charge in [0.25, 0.3) is 11.8 Å². The number of hydrogen-bond acceptors (Lipinski definition) is 6. The second kappa shape index (κ2) is 7.69. The second-order valence-electron chi connectivity index (χ2n) is 5.51. The van der Waals surface area contributed by atoms with Crippen LogP contribution >= 0.6 is 0 Å². The van der Waals surface area contributed by atoms with E-state index in [1.165, 1.54) is 37.7 Å². The van der Waals surface area contributed by atoms with Crippen molar-refractivity contribution in [2.24, 2.45) is 0 Å². The van der Waals surface area contributed by atoms with Gasteiger partial charge in [0, 0.05) is 12.4 Å². The van der Waals surface area contributed by atoms with Crippen molar-refractivity contribution in [3.8, 4) is 11.5 Å². The molecule has 2 heterocycles. The van der Waals surface area contributed by atoms with Gasteiger partial charge in [-0.1, -0.05) is 6.07 Å². The minimum atomic E-state index is -0.808. The third kappa shape index (κ3) is 3.64. The molecule has 0 unspecified atom stereocenters. The number of imide groups is 2. The lowest BCUT2D eigenvalue weighted by Crippen LogP contribution is -2.54. The molecule has 2 aromatic rings. The normalized spacial score (nSPS) is 15.7. The summed E-state index contributed by atoms with van der Waals surface area (Å²) in [7, 11) is 1.50. The molecule has 1 aliphatic rings. The molecule has 1 aromatic heterocycles. The molecule has 27 heavy (non-hydrogen) atoms. The van der Waals surface area contributed by atoms with Crippen LogP contribution < -0.4 is 19.7 Å². The van der Waals surface area contributed by atoms with Gasteiger partial charge in [0.2, 0.25) is 0 Å². The van der Waals surface area contributed by atoms with Gasteiger partial charge in [0.15, 0.2) is 11.5 Å². The number of carbonyl (C=O) groups is 3. The monoisotopic (exact) mass is 367 g/mol. The Balaban J connectivity index is 1.98. The fourth-order valence-corrected chi connectivity index (χ4v) is 2.60. The molecule has 1 N–H and O–H groups in total. The van der Waals surface area contributed by atoms with E-state index in [-0.39, 0.29) is 5.57 Å². The molecule has 0 bridgehead atoms. The molecule has 138 valence electrons. The average Bonchev–Trinajstić information content (AvgIpc) is 2.67. The average molecular weight is 367 g/mol. The molecular weight excluding hydrogens is 350 g/mol. The number of pyridine rings is 1. The molecule has 8 heteroatoms. The van der Waals surface area contributed by atoms with Crippen LogP contribution in [0.15, 0.2) is 48.3 Å². The van der Waals surface area contributed by atoms with E-state index >= 15 is 0 Å². The zero-order valence-corrected chi connectivity index (χ0v) is 14.8. The lowest BCUT2D eigenvalue weighted by Gasteiger charge is -2.26. The molecule has 1 aliphatic heterocycles. The van der Waals surface area contributed by atoms with Crippen molar-refractivity contribution in [2.45, 2.75) is 6.92 Å². The number of methoxy groups -OCH3 is 1. The summed E-state index contributed by atoms with van der Waals surface area (Å²) in [6, 6.07) is 7.22. The zero-order valence-electron chi connectivity index (χ0n) is 14.8. The molecule has 0 aliphatic carbocycles. The summed E-state index contributed by atoms with van der Waals surface area (Å²) in [5, 5.41) is 2.17. The van der Waals surface area contributed by atoms with Gasteiger partial charge in [-0.15, -0.1) is 0 Å². The molecule has 1 aromatic carbocycles. The van der Waals surface area contributed by atoms with E-state index in [1.807, 2.05) is 6.92 Å². The number of nitrogens with one attached hydrogen (secondary N) is 1. The van der Waals surface area contributed by atoms with E-state index in [9.17, 15) is 14.4 Å². The van der Waals surface area contributed by atoms with Gasteiger partial charge in [-0.25, -0.2) is 9.69 Å². The number of urea groups is 1. The van der Waals surface area contributed by atoms with Crippen molar-refractivity contribution in [1.82, 2.24) is 10.3 Å². The van der Waals surface area contributed by atoms with Crippen LogP contribution in [0.4, 0.5) is 10.5 Å². The zero-order chi connectivity index (χ0) is 19.4. The SMILES string of the molecule is CCOc1ccc(/C=C2\C(=O)NC(=O)N(c3ccncc3)C2=O)cc1OC. The molecule has 1 saturated heterocycles. The lowest BCUT2D eigenvalue weighted by molar-refractivity contribution is -0.122. The summed E-state index contributed by atoms with van der Waals surface area (Å²) in [6.45, 7) is 2.33. The summed E-state index contributed by atoms with van der Waals surface area (Å²) in [5.41, 5.74) is 0.700. The van der Waals surface area contributed by atoms with Crippen molar-refractivity contribution < 1.29 is 23.9 Å². The quantitative estimate of drug-likeness (QED) is 0.642. The second-order valence-corrected chi connectivity index (χ2v) is 5.51. The Morgan fingerprint density at radius 2 is 1.85 bits per heavy atom. The molecule has 0 saturated carbocycles. The maximum atomic E-state index is 12.8. The van der Waals surface area contributed by atoms with E-state index in [2.05, 4.69) is 10.3 Å². The maximum absolute atomic E-state index is 12.8. The number of carbonyl (C=O) groups excluding carboxylic acids is 3. The number of rotatable bonds is 5. The summed E-state index contributed by atoms with van der Waals surface area (Å²) < 4.78 is 10.7. The fraction of sp³-hybridized carbons (Fsp3) is 0.158. The van der Waals surface area contributed by atoms with E-state index in [0.717, 1.165) is 4.90 Å². The number of amides is 4. The van der Waals surface area contributed by atoms with Crippen LogP contribution in [0.5, 0.6) is 11.5 Å². The lowest BCUT2D eigenvalue weighted by atomic mass is 10.1. The molecule has 0 radical (unpaired) electrons. The van der Waals surface area contributed by atoms with E-state index in [1.54, 1.807) is 18.2 Å². The summed E-state index contributed by atoms with van der Waals surface area (Å²) in [5.74, 6) is -0.460. The number of benzene rings is 1. The van der Waals surface area contributed by atoms with E-state index in [0.29, 0.717) is 29.4 Å². The van der Waals surface area contributed by atoms with Crippen molar-refractivity contribution >= 4 is 29.6 Å². The molecule has 0 atom stereocenters. The Morgan fingerprint density at radius 1 is 1.11 bits per heavy atom. The topological polar surface area (TPSA) is 97.8 Å². The molecule has 4 amide bonds. The van der Waals surface area contributed by atoms with E-state index < -0.39 is 17.8 Å². The van der Waals surface area contributed by atoms with Gasteiger partial charge in [-0.3, -0.25) is 19.9 Å². The highest BCUT2D eigenvalue weighted by Gasteiger charge is 2.36. The minimum Gasteiger partial charge on any atom is -0.493 e. The van der Waals surface area contributed by atoms with Crippen LogP contribution in [0.25, 0.3) is 6.08 Å². The smallest absolute Gasteiger partial charge is 0.335 e. The summed E-state index contributed by atoms with van der Waals surface area (Å²) in [4.78, 5) is 41.8. The predicted molar refractivity (Wildman–Crippen MR) is 97.4 cm³/mol. The highest BCUT2D eigenvalue weighted by molar-refractivity contribution is 6.39. The van der Waals surface area contributed by atoms with Crippen LogP contribution in [0.3, 0.4) is 0 Å². The van der Waals surface area contributed by atoms with E-state index in [4.69, 9.17) is 9.47 Å². The Morgan fingerprint density at radius 3 is 2.52 bits per heavy atom. The van der Waals surface area contributed by atoms with Gasteiger partial charge >= 0.3 is 6.03 Å². The largest absolute Gasteiger partial charge is 0.493 e. The van der Waals surface area contributed by atoms with Crippen LogP contribution in [0.2, 0.25) is 0 Å². The number of aromatic nitrogens is 1. The highest BCUT2D eigenvalue weighted by atomic mass is 16.5. The van der Waals surface area contributed by atoms with Crippen LogP contribution in [0.1, 0.15) is 12.5 Å². The third-order valence-electron chi connectivity index (χ3n) is 3.82. The number of hydrogen-bond donors (Lipinski definition) is 1. The Labute approximate surface area is 155 Å². The third-order valence-corrected chi connectivity index (χ3v) is 3.82. The van der Waals surface area contributed by atoms with Crippen molar-refractivity contribution in [2.75, 3.05) is 18.6 Å². The van der Waals surface area contributed by atoms with Crippen LogP contribution in [-0.2, 0) is 9.59 Å². The number of nitrogens with zero attached hydrogens (tertiary/aromatic N) is 2. The van der Waals surface area contributed by atoms with Crippen molar-refractivity contribution in [3.63, 3.8) is 0 Å². The molecule has 3 rings (SSSR count). The Kier molecular flexibility index (Phi) is 5.16. The fourth-order valence-electron chi connectivity index (χ4n) is 2.60. The highest BCUT2D eigenvalue weighted by Crippen LogP contribution is 2.29. The Bertz CT molecular complexity index is 924. The number of anilines is 1. The first-order chi connectivity index (χ1) is 13.0. The first-order valence-corrected chi connectivity index (χ1v) is 8.17. The summed E-state index contributed by atoms with van der Waals surface area (Å²) >= 11 is 0. The van der Waals surface area contributed by atoms with Gasteiger partial charge < -0.3 is 9.47 Å². The Hall–Kier alpha value is -3.68. The first-order valence-electron chi connectivity index (χ1n) is 8.17. The van der Waals surface area contributed by atoms with Gasteiger partial charge in [-0.05, 0) is 42.8 Å². The molecular formula is C19H17N3O5. The predicted octanol–water partition coefficient (Wildman–Crippen LogP) is 2.16. The first kappa shape index (κ1) is 18.1. The number of barbiturate groups is 1. The minimum absolute atomic E-state index is 0.169. The molecule has 0 spiro atoms. The van der Waals surface area contributed by atoms with Gasteiger partial charge in [-0.2, -0.15) is 0 Å². The maximum Gasteiger partial charge on any atom is 0.335 e. The van der Waals surface area contributed by atoms with Gasteiger partial charge in [0.05, 0.1) is 19.4 Å². The molecule has 8 nitrogen and oxygen atoms in total. The van der Waals surface area contributed by atoms with Gasteiger partial charge in [0.1, 0.15) is 5.57 Å². The summed E-state index contributed by atoms with van der Waals surface area (Å²) in [6.07, 6.45) is 4.30. The van der Waals surface area contributed by atoms with Crippen LogP contribution in [-0.4, -0.2) is 36.5 Å². The molecule has 1 fully saturated rings. The number of ether oxygens (including phenoxy) is 2. The van der Waals surface area contributed by atoms with Crippen molar-refractivity contribution in [3.05, 3.63) is 53.9 Å². The standard InChI is InChI=1S/C19H17N3O5/c1-3-27-15-5-4-12(11-16(15)26-2)10-14-17(23)21-19(25)22(18(14)24)13-6-8-20-9-7-13/h4-11H,3H2,1-2H3,(H,21,23,25)/b14-10+. The van der Waals surface area contributed by atoms with Crippen LogP contribution in [0, 0.1) is 0 Å².